The number of hydrogen-bond donors (Lipinski definition) is 2. The van der Waals surface area contributed by atoms with Gasteiger partial charge in [-0.05, 0) is 13.3 Å². The van der Waals surface area contributed by atoms with Gasteiger partial charge in [-0.2, -0.15) is 0 Å². The van der Waals surface area contributed by atoms with Crippen LogP contribution in [0.4, 0.5) is 4.79 Å². The van der Waals surface area contributed by atoms with Gasteiger partial charge in [0.05, 0.1) is 0 Å². The Morgan fingerprint density at radius 2 is 2.33 bits per heavy atom. The normalized spacial score (nSPS) is 12.7. The number of urea groups is 1. The van der Waals surface area contributed by atoms with E-state index in [1.54, 1.807) is 0 Å². The molecule has 0 unspecified atom stereocenters. The molecule has 0 aromatic carbocycles. The van der Waals surface area contributed by atoms with Gasteiger partial charge in [-0.25, -0.2) is 4.79 Å². The lowest BCUT2D eigenvalue weighted by Gasteiger charge is -2.08. The number of nitrogens with two attached hydrogens (primary N) is 1. The fourth-order valence-electron chi connectivity index (χ4n) is 0.748. The zero-order chi connectivity index (χ0) is 7.28. The molecule has 0 radical (unpaired) electrons. The fourth-order valence-corrected chi connectivity index (χ4v) is 0.748. The summed E-state index contributed by atoms with van der Waals surface area (Å²) in [5, 5.41) is 2.58. The molecule has 1 atom stereocenters. The summed E-state index contributed by atoms with van der Waals surface area (Å²) in [6.07, 6.45) is 2.06. The average Bonchev–Trinajstić information content (AvgIpc) is 1.63. The number of primary amides is 1. The van der Waals surface area contributed by atoms with E-state index in [1.807, 2.05) is 6.92 Å². The molecule has 0 spiro atoms. The van der Waals surface area contributed by atoms with Gasteiger partial charge in [0.25, 0.3) is 0 Å². The van der Waals surface area contributed by atoms with Crippen molar-refractivity contribution in [1.29, 1.82) is 0 Å². The molecule has 0 rings (SSSR count). The maximum Gasteiger partial charge on any atom is 0.312 e. The van der Waals surface area contributed by atoms with Gasteiger partial charge in [-0.1, -0.05) is 13.3 Å². The molecule has 0 fully saturated rings. The Labute approximate surface area is 55.6 Å². The van der Waals surface area contributed by atoms with Crippen LogP contribution < -0.4 is 11.1 Å². The average molecular weight is 130 g/mol. The smallest absolute Gasteiger partial charge is 0.312 e. The summed E-state index contributed by atoms with van der Waals surface area (Å²) in [6, 6.07) is -0.219. The lowest BCUT2D eigenvalue weighted by molar-refractivity contribution is 0.245. The topological polar surface area (TPSA) is 55.1 Å². The molecule has 3 nitrogen and oxygen atoms in total. The van der Waals surface area contributed by atoms with Gasteiger partial charge in [0.2, 0.25) is 0 Å². The van der Waals surface area contributed by atoms with Crippen LogP contribution in [0.5, 0.6) is 0 Å². The summed E-state index contributed by atoms with van der Waals surface area (Å²) < 4.78 is 0. The Morgan fingerprint density at radius 1 is 1.78 bits per heavy atom. The highest BCUT2D eigenvalue weighted by Crippen LogP contribution is 1.92. The first-order valence-electron chi connectivity index (χ1n) is 3.22. The third-order valence-electron chi connectivity index (χ3n) is 1.11. The zero-order valence-electron chi connectivity index (χ0n) is 5.98. The quantitative estimate of drug-likeness (QED) is 0.584. The number of nitrogens with one attached hydrogen (secondary N) is 1. The zero-order valence-corrected chi connectivity index (χ0v) is 5.98. The van der Waals surface area contributed by atoms with E-state index >= 15 is 0 Å². The second kappa shape index (κ2) is 4.18. The number of carbonyl (C=O) groups is 1. The molecule has 54 valence electrons. The van der Waals surface area contributed by atoms with Crippen LogP contribution in [0, 0.1) is 0 Å². The van der Waals surface area contributed by atoms with Crippen molar-refractivity contribution in [1.82, 2.24) is 5.32 Å². The van der Waals surface area contributed by atoms with Crippen LogP contribution in [-0.2, 0) is 0 Å². The molecule has 0 aromatic heterocycles. The summed E-state index contributed by atoms with van der Waals surface area (Å²) in [5.41, 5.74) is 4.87. The molecular formula is C6H14N2O. The van der Waals surface area contributed by atoms with Crippen molar-refractivity contribution in [3.05, 3.63) is 0 Å². The summed E-state index contributed by atoms with van der Waals surface area (Å²) in [6.45, 7) is 4.01. The van der Waals surface area contributed by atoms with Crippen molar-refractivity contribution >= 4 is 6.03 Å². The van der Waals surface area contributed by atoms with Crippen LogP contribution in [0.2, 0.25) is 0 Å². The van der Waals surface area contributed by atoms with E-state index in [4.69, 9.17) is 5.73 Å². The molecule has 0 saturated carbocycles. The summed E-state index contributed by atoms with van der Waals surface area (Å²) >= 11 is 0. The van der Waals surface area contributed by atoms with Gasteiger partial charge < -0.3 is 11.1 Å². The van der Waals surface area contributed by atoms with Crippen molar-refractivity contribution in [3.8, 4) is 0 Å². The summed E-state index contributed by atoms with van der Waals surface area (Å²) in [4.78, 5) is 10.2. The van der Waals surface area contributed by atoms with E-state index in [-0.39, 0.29) is 6.04 Å². The molecule has 9 heavy (non-hydrogen) atoms. The minimum atomic E-state index is -0.434. The van der Waals surface area contributed by atoms with Crippen LogP contribution in [0.3, 0.4) is 0 Å². The van der Waals surface area contributed by atoms with Gasteiger partial charge in [-0.3, -0.25) is 0 Å². The monoisotopic (exact) mass is 130 g/mol. The van der Waals surface area contributed by atoms with E-state index in [0.717, 1.165) is 12.8 Å². The van der Waals surface area contributed by atoms with Crippen LogP contribution in [-0.4, -0.2) is 12.1 Å². The first-order chi connectivity index (χ1) is 4.16. The Hall–Kier alpha value is -0.730. The molecule has 3 N–H and O–H groups in total. The highest BCUT2D eigenvalue weighted by Gasteiger charge is 1.99. The maximum absolute atomic E-state index is 10.2. The standard InChI is InChI=1S/C6H14N2O/c1-3-4-5(2)8-6(7)9/h5H,3-4H2,1-2H3,(H3,7,8,9)/t5-/m1/s1. The number of carbonyl (C=O) groups excluding carboxylic acids is 1. The minimum absolute atomic E-state index is 0.215. The predicted octanol–water partition coefficient (Wildman–Crippen LogP) is 0.843. The molecule has 2 amide bonds. The summed E-state index contributed by atoms with van der Waals surface area (Å²) in [5.74, 6) is 0. The van der Waals surface area contributed by atoms with E-state index in [1.165, 1.54) is 0 Å². The van der Waals surface area contributed by atoms with Crippen LogP contribution in [0.25, 0.3) is 0 Å². The van der Waals surface area contributed by atoms with Gasteiger partial charge in [0.15, 0.2) is 0 Å². The maximum atomic E-state index is 10.2. The third kappa shape index (κ3) is 5.14. The van der Waals surface area contributed by atoms with Crippen LogP contribution in [0.1, 0.15) is 26.7 Å². The minimum Gasteiger partial charge on any atom is -0.352 e. The first kappa shape index (κ1) is 8.27. The Bertz CT molecular complexity index is 93.1. The predicted molar refractivity (Wildman–Crippen MR) is 37.1 cm³/mol. The van der Waals surface area contributed by atoms with E-state index in [0.29, 0.717) is 0 Å². The Kier molecular flexibility index (Phi) is 3.84. The second-order valence-electron chi connectivity index (χ2n) is 2.20. The molecule has 0 aromatic rings. The molecule has 0 bridgehead atoms. The molecule has 0 aliphatic heterocycles. The van der Waals surface area contributed by atoms with Crippen molar-refractivity contribution < 1.29 is 4.79 Å². The molecular weight excluding hydrogens is 116 g/mol. The van der Waals surface area contributed by atoms with Gasteiger partial charge in [0.1, 0.15) is 0 Å². The van der Waals surface area contributed by atoms with Crippen molar-refractivity contribution in [2.75, 3.05) is 0 Å². The van der Waals surface area contributed by atoms with Crippen LogP contribution in [0.15, 0.2) is 0 Å². The van der Waals surface area contributed by atoms with E-state index < -0.39 is 6.03 Å². The molecule has 0 saturated heterocycles. The molecule has 0 aliphatic rings. The second-order valence-corrected chi connectivity index (χ2v) is 2.20. The highest BCUT2D eigenvalue weighted by atomic mass is 16.2. The van der Waals surface area contributed by atoms with E-state index in [9.17, 15) is 4.79 Å². The SMILES string of the molecule is CCC[C@@H](C)NC(N)=O. The molecule has 3 heteroatoms. The van der Waals surface area contributed by atoms with Gasteiger partial charge in [0, 0.05) is 6.04 Å². The number of amides is 2. The number of hydrogen-bond acceptors (Lipinski definition) is 1. The van der Waals surface area contributed by atoms with Gasteiger partial charge >= 0.3 is 6.03 Å². The van der Waals surface area contributed by atoms with Crippen molar-refractivity contribution in [2.24, 2.45) is 5.73 Å². The van der Waals surface area contributed by atoms with Crippen molar-refractivity contribution in [2.45, 2.75) is 32.7 Å². The van der Waals surface area contributed by atoms with Crippen molar-refractivity contribution in [3.63, 3.8) is 0 Å². The third-order valence-corrected chi connectivity index (χ3v) is 1.11. The lowest BCUT2D eigenvalue weighted by Crippen LogP contribution is -2.36. The first-order valence-corrected chi connectivity index (χ1v) is 3.22. The Balaban J connectivity index is 3.26. The van der Waals surface area contributed by atoms with Gasteiger partial charge in [-0.15, -0.1) is 0 Å². The molecule has 0 aliphatic carbocycles. The summed E-state index contributed by atoms with van der Waals surface area (Å²) in [7, 11) is 0. The van der Waals surface area contributed by atoms with Crippen LogP contribution >= 0.6 is 0 Å². The fraction of sp³-hybridized carbons (Fsp3) is 0.833. The highest BCUT2D eigenvalue weighted by molar-refractivity contribution is 5.71. The Morgan fingerprint density at radius 3 is 2.67 bits per heavy atom. The largest absolute Gasteiger partial charge is 0.352 e. The lowest BCUT2D eigenvalue weighted by atomic mass is 10.2. The van der Waals surface area contributed by atoms with E-state index in [2.05, 4.69) is 12.2 Å². The molecule has 0 heterocycles. The number of rotatable bonds is 3.